The Kier molecular flexibility index (Phi) is 4.42. The topological polar surface area (TPSA) is 92.9 Å². The molecule has 0 aliphatic carbocycles. The van der Waals surface area contributed by atoms with Crippen molar-refractivity contribution in [3.05, 3.63) is 71.7 Å². The van der Waals surface area contributed by atoms with Crippen LogP contribution < -0.4 is 5.32 Å². The molecule has 24 heavy (non-hydrogen) atoms. The van der Waals surface area contributed by atoms with Crippen LogP contribution in [-0.4, -0.2) is 26.6 Å². The summed E-state index contributed by atoms with van der Waals surface area (Å²) in [5.74, 6) is -1.05. The number of rotatable bonds is 5. The minimum absolute atomic E-state index is 0.107. The van der Waals surface area contributed by atoms with Crippen molar-refractivity contribution in [1.29, 1.82) is 0 Å². The van der Waals surface area contributed by atoms with Gasteiger partial charge in [0.1, 0.15) is 12.2 Å². The van der Waals surface area contributed by atoms with Gasteiger partial charge in [-0.1, -0.05) is 30.3 Å². The second-order valence-corrected chi connectivity index (χ2v) is 5.11. The van der Waals surface area contributed by atoms with Gasteiger partial charge in [-0.05, 0) is 17.7 Å². The summed E-state index contributed by atoms with van der Waals surface area (Å²) in [6.07, 6.45) is 2.81. The van der Waals surface area contributed by atoms with Gasteiger partial charge in [0.15, 0.2) is 5.65 Å². The summed E-state index contributed by atoms with van der Waals surface area (Å²) in [4.78, 5) is 27.1. The first-order chi connectivity index (χ1) is 11.6. The van der Waals surface area contributed by atoms with Crippen molar-refractivity contribution in [2.45, 2.75) is 13.2 Å². The van der Waals surface area contributed by atoms with E-state index in [2.05, 4.69) is 10.3 Å². The maximum Gasteiger partial charge on any atom is 0.407 e. The Hall–Kier alpha value is -3.35. The van der Waals surface area contributed by atoms with Crippen molar-refractivity contribution in [1.82, 2.24) is 14.7 Å². The number of ether oxygens (including phenoxy) is 1. The number of nitrogens with zero attached hydrogens (tertiary/aromatic N) is 2. The highest BCUT2D eigenvalue weighted by atomic mass is 16.5. The van der Waals surface area contributed by atoms with Crippen molar-refractivity contribution in [2.75, 3.05) is 0 Å². The number of carboxylic acid groups (broad SMARTS) is 1. The van der Waals surface area contributed by atoms with Gasteiger partial charge in [0.2, 0.25) is 0 Å². The van der Waals surface area contributed by atoms with E-state index in [9.17, 15) is 9.59 Å². The van der Waals surface area contributed by atoms with Crippen LogP contribution in [0.2, 0.25) is 0 Å². The molecular weight excluding hydrogens is 310 g/mol. The van der Waals surface area contributed by atoms with Crippen LogP contribution in [0.25, 0.3) is 5.65 Å². The minimum atomic E-state index is -1.05. The second kappa shape index (κ2) is 6.82. The molecular formula is C17H15N3O4. The number of alkyl carbamates (subject to hydrolysis) is 1. The number of carboxylic acids is 1. The number of carbonyl (C=O) groups excluding carboxylic acids is 1. The number of hydrogen-bond donors (Lipinski definition) is 2. The smallest absolute Gasteiger partial charge is 0.407 e. The van der Waals surface area contributed by atoms with Crippen molar-refractivity contribution in [3.63, 3.8) is 0 Å². The van der Waals surface area contributed by atoms with E-state index in [0.29, 0.717) is 11.3 Å². The standard InChI is InChI=1S/C17H15N3O4/c21-16(22)14-7-4-8-20-10-13(19-15(14)20)9-18-17(23)24-11-12-5-2-1-3-6-12/h1-8,10H,9,11H2,(H,18,23)(H,21,22). The lowest BCUT2D eigenvalue weighted by molar-refractivity contribution is 0.0698. The van der Waals surface area contributed by atoms with Crippen molar-refractivity contribution >= 4 is 17.7 Å². The molecule has 0 fully saturated rings. The van der Waals surface area contributed by atoms with Crippen LogP contribution in [0.5, 0.6) is 0 Å². The number of carbonyl (C=O) groups is 2. The van der Waals surface area contributed by atoms with Gasteiger partial charge in [-0.15, -0.1) is 0 Å². The molecule has 3 aromatic rings. The average Bonchev–Trinajstić information content (AvgIpc) is 3.01. The lowest BCUT2D eigenvalue weighted by Crippen LogP contribution is -2.23. The van der Waals surface area contributed by atoms with E-state index in [1.807, 2.05) is 30.3 Å². The van der Waals surface area contributed by atoms with Crippen molar-refractivity contribution in [3.8, 4) is 0 Å². The number of hydrogen-bond acceptors (Lipinski definition) is 4. The highest BCUT2D eigenvalue weighted by Gasteiger charge is 2.12. The number of aromatic nitrogens is 2. The molecule has 2 aromatic heterocycles. The molecule has 0 radical (unpaired) electrons. The molecule has 2 heterocycles. The summed E-state index contributed by atoms with van der Waals surface area (Å²) in [6, 6.07) is 12.5. The fraction of sp³-hybridized carbons (Fsp3) is 0.118. The molecule has 2 N–H and O–H groups in total. The SMILES string of the molecule is O=C(NCc1cn2cccc(C(=O)O)c2n1)OCc1ccccc1. The molecule has 122 valence electrons. The largest absolute Gasteiger partial charge is 0.478 e. The van der Waals surface area contributed by atoms with Gasteiger partial charge >= 0.3 is 12.1 Å². The van der Waals surface area contributed by atoms with E-state index in [4.69, 9.17) is 9.84 Å². The molecule has 0 saturated heterocycles. The van der Waals surface area contributed by atoms with Crippen LogP contribution in [-0.2, 0) is 17.9 Å². The summed E-state index contributed by atoms with van der Waals surface area (Å²) in [5.41, 5.74) is 1.88. The molecule has 1 amide bonds. The molecule has 0 unspecified atom stereocenters. The fourth-order valence-corrected chi connectivity index (χ4v) is 2.25. The molecule has 0 atom stereocenters. The molecule has 0 bridgehead atoms. The summed E-state index contributed by atoms with van der Waals surface area (Å²) < 4.78 is 6.71. The number of pyridine rings is 1. The maximum atomic E-state index is 11.7. The van der Waals surface area contributed by atoms with E-state index in [-0.39, 0.29) is 18.7 Å². The van der Waals surface area contributed by atoms with Crippen LogP contribution in [0.1, 0.15) is 21.6 Å². The molecule has 0 spiro atoms. The summed E-state index contributed by atoms with van der Waals surface area (Å²) in [6.45, 7) is 0.329. The zero-order valence-electron chi connectivity index (χ0n) is 12.7. The zero-order chi connectivity index (χ0) is 16.9. The molecule has 3 rings (SSSR count). The summed E-state index contributed by atoms with van der Waals surface area (Å²) in [5, 5.41) is 11.7. The highest BCUT2D eigenvalue weighted by Crippen LogP contribution is 2.11. The Balaban J connectivity index is 1.60. The van der Waals surface area contributed by atoms with E-state index in [1.165, 1.54) is 6.07 Å². The van der Waals surface area contributed by atoms with Crippen LogP contribution in [0.15, 0.2) is 54.9 Å². The fourth-order valence-electron chi connectivity index (χ4n) is 2.25. The number of nitrogens with one attached hydrogen (secondary N) is 1. The van der Waals surface area contributed by atoms with Crippen LogP contribution in [0.4, 0.5) is 4.79 Å². The quantitative estimate of drug-likeness (QED) is 0.751. The first-order valence-corrected chi connectivity index (χ1v) is 7.28. The molecule has 0 aliphatic rings. The molecule has 7 nitrogen and oxygen atoms in total. The van der Waals surface area contributed by atoms with E-state index in [1.54, 1.807) is 22.9 Å². The highest BCUT2D eigenvalue weighted by molar-refractivity contribution is 5.94. The second-order valence-electron chi connectivity index (χ2n) is 5.11. The Bertz CT molecular complexity index is 874. The lowest BCUT2D eigenvalue weighted by Gasteiger charge is -2.05. The van der Waals surface area contributed by atoms with Gasteiger partial charge in [0.05, 0.1) is 12.2 Å². The molecule has 1 aromatic carbocycles. The Morgan fingerprint density at radius 3 is 2.71 bits per heavy atom. The normalized spacial score (nSPS) is 10.5. The minimum Gasteiger partial charge on any atom is -0.478 e. The number of amides is 1. The van der Waals surface area contributed by atoms with E-state index < -0.39 is 12.1 Å². The van der Waals surface area contributed by atoms with Crippen LogP contribution in [0.3, 0.4) is 0 Å². The third-order valence-corrected chi connectivity index (χ3v) is 3.39. The Morgan fingerprint density at radius 1 is 1.17 bits per heavy atom. The van der Waals surface area contributed by atoms with E-state index in [0.717, 1.165) is 5.56 Å². The van der Waals surface area contributed by atoms with Crippen molar-refractivity contribution in [2.24, 2.45) is 0 Å². The Morgan fingerprint density at radius 2 is 1.96 bits per heavy atom. The van der Waals surface area contributed by atoms with Gasteiger partial charge < -0.3 is 19.6 Å². The first kappa shape index (κ1) is 15.5. The van der Waals surface area contributed by atoms with Crippen LogP contribution >= 0.6 is 0 Å². The predicted molar refractivity (Wildman–Crippen MR) is 85.6 cm³/mol. The summed E-state index contributed by atoms with van der Waals surface area (Å²) in [7, 11) is 0. The van der Waals surface area contributed by atoms with Gasteiger partial charge in [0.25, 0.3) is 0 Å². The average molecular weight is 325 g/mol. The van der Waals surface area contributed by atoms with Crippen LogP contribution in [0, 0.1) is 0 Å². The third-order valence-electron chi connectivity index (χ3n) is 3.39. The van der Waals surface area contributed by atoms with Crippen molar-refractivity contribution < 1.29 is 19.4 Å². The number of imidazole rings is 1. The lowest BCUT2D eigenvalue weighted by atomic mass is 10.2. The molecule has 7 heteroatoms. The number of aromatic carboxylic acids is 1. The summed E-state index contributed by atoms with van der Waals surface area (Å²) >= 11 is 0. The Labute approximate surface area is 137 Å². The first-order valence-electron chi connectivity index (χ1n) is 7.28. The van der Waals surface area contributed by atoms with Gasteiger partial charge in [0, 0.05) is 12.4 Å². The maximum absolute atomic E-state index is 11.7. The third kappa shape index (κ3) is 3.52. The number of benzene rings is 1. The monoisotopic (exact) mass is 325 g/mol. The van der Waals surface area contributed by atoms with E-state index >= 15 is 0 Å². The van der Waals surface area contributed by atoms with Gasteiger partial charge in [-0.2, -0.15) is 0 Å². The number of fused-ring (bicyclic) bond motifs is 1. The van der Waals surface area contributed by atoms with Gasteiger partial charge in [-0.25, -0.2) is 14.6 Å². The van der Waals surface area contributed by atoms with Gasteiger partial charge in [-0.3, -0.25) is 0 Å². The molecule has 0 saturated carbocycles. The molecule has 0 aliphatic heterocycles. The predicted octanol–water partition coefficient (Wildman–Crippen LogP) is 2.46. The zero-order valence-corrected chi connectivity index (χ0v) is 12.7.